The molecule has 0 aliphatic rings. The summed E-state index contributed by atoms with van der Waals surface area (Å²) in [5.74, 6) is 0.242. The summed E-state index contributed by atoms with van der Waals surface area (Å²) in [6.45, 7) is 3.69. The normalized spacial score (nSPS) is 12.1. The van der Waals surface area contributed by atoms with Crippen LogP contribution in [-0.4, -0.2) is 21.0 Å². The SMILES string of the molecule is Cc1csc([C@@H](Cc2ccsc2)NC(=O)c2c(-c3cccnc3)noc2C)n1. The minimum absolute atomic E-state index is 0.225. The lowest BCUT2D eigenvalue weighted by Gasteiger charge is -2.16. The summed E-state index contributed by atoms with van der Waals surface area (Å²) >= 11 is 3.19. The first kappa shape index (κ1) is 18.5. The standard InChI is InChI=1S/C20H18N4O2S2/c1-12-10-28-20(22-12)16(8-14-5-7-27-11-14)23-19(25)17-13(2)26-24-18(17)15-4-3-6-21-9-15/h3-7,9-11,16H,8H2,1-2H3,(H,23,25)/t16-/m1/s1. The largest absolute Gasteiger partial charge is 0.360 e. The molecular formula is C20H18N4O2S2. The topological polar surface area (TPSA) is 80.9 Å². The fourth-order valence-electron chi connectivity index (χ4n) is 2.95. The van der Waals surface area contributed by atoms with Gasteiger partial charge in [-0.3, -0.25) is 9.78 Å². The smallest absolute Gasteiger partial charge is 0.257 e. The molecule has 1 amide bonds. The molecule has 0 radical (unpaired) electrons. The molecule has 4 aromatic heterocycles. The molecule has 0 saturated heterocycles. The molecule has 6 nitrogen and oxygen atoms in total. The van der Waals surface area contributed by atoms with Crippen LogP contribution in [0.2, 0.25) is 0 Å². The van der Waals surface area contributed by atoms with Gasteiger partial charge in [-0.15, -0.1) is 11.3 Å². The molecule has 142 valence electrons. The predicted molar refractivity (Wildman–Crippen MR) is 110 cm³/mol. The molecule has 0 fully saturated rings. The van der Waals surface area contributed by atoms with Crippen LogP contribution in [0.4, 0.5) is 0 Å². The number of hydrogen-bond acceptors (Lipinski definition) is 7. The van der Waals surface area contributed by atoms with Crippen molar-refractivity contribution in [3.63, 3.8) is 0 Å². The van der Waals surface area contributed by atoms with Crippen molar-refractivity contribution in [1.29, 1.82) is 0 Å². The van der Waals surface area contributed by atoms with Crippen molar-refractivity contribution < 1.29 is 9.32 Å². The van der Waals surface area contributed by atoms with Crippen molar-refractivity contribution in [2.45, 2.75) is 26.3 Å². The van der Waals surface area contributed by atoms with E-state index in [1.807, 2.05) is 23.8 Å². The zero-order valence-corrected chi connectivity index (χ0v) is 17.0. The van der Waals surface area contributed by atoms with Gasteiger partial charge in [-0.25, -0.2) is 4.98 Å². The number of pyridine rings is 1. The molecule has 0 bridgehead atoms. The van der Waals surface area contributed by atoms with Gasteiger partial charge in [0.1, 0.15) is 22.0 Å². The Hall–Kier alpha value is -2.84. The van der Waals surface area contributed by atoms with Gasteiger partial charge in [0.05, 0.1) is 6.04 Å². The van der Waals surface area contributed by atoms with E-state index in [0.29, 0.717) is 23.4 Å². The Morgan fingerprint density at radius 1 is 1.29 bits per heavy atom. The quantitative estimate of drug-likeness (QED) is 0.503. The maximum absolute atomic E-state index is 13.2. The monoisotopic (exact) mass is 410 g/mol. The van der Waals surface area contributed by atoms with Gasteiger partial charge in [-0.05, 0) is 48.4 Å². The number of amides is 1. The van der Waals surface area contributed by atoms with E-state index >= 15 is 0 Å². The highest BCUT2D eigenvalue weighted by atomic mass is 32.1. The molecule has 28 heavy (non-hydrogen) atoms. The maximum atomic E-state index is 13.2. The zero-order chi connectivity index (χ0) is 19.5. The van der Waals surface area contributed by atoms with E-state index in [-0.39, 0.29) is 11.9 Å². The van der Waals surface area contributed by atoms with Crippen LogP contribution >= 0.6 is 22.7 Å². The first-order chi connectivity index (χ1) is 13.6. The summed E-state index contributed by atoms with van der Waals surface area (Å²) in [6, 6.07) is 5.50. The predicted octanol–water partition coefficient (Wildman–Crippen LogP) is 4.59. The molecule has 1 N–H and O–H groups in total. The molecular weight excluding hydrogens is 392 g/mol. The summed E-state index contributed by atoms with van der Waals surface area (Å²) in [7, 11) is 0. The Morgan fingerprint density at radius 3 is 2.86 bits per heavy atom. The van der Waals surface area contributed by atoms with Crippen LogP contribution in [0.25, 0.3) is 11.3 Å². The average Bonchev–Trinajstić information content (AvgIpc) is 3.43. The number of aryl methyl sites for hydroxylation is 2. The van der Waals surface area contributed by atoms with Gasteiger partial charge in [0.2, 0.25) is 0 Å². The number of nitrogens with zero attached hydrogens (tertiary/aromatic N) is 3. The van der Waals surface area contributed by atoms with E-state index in [1.54, 1.807) is 48.1 Å². The van der Waals surface area contributed by atoms with Crippen LogP contribution in [0.5, 0.6) is 0 Å². The number of rotatable bonds is 6. The number of thiazole rings is 1. The van der Waals surface area contributed by atoms with Crippen molar-refractivity contribution in [3.05, 3.63) is 74.3 Å². The Morgan fingerprint density at radius 2 is 2.18 bits per heavy atom. The van der Waals surface area contributed by atoms with Crippen LogP contribution in [0, 0.1) is 13.8 Å². The van der Waals surface area contributed by atoms with Crippen molar-refractivity contribution in [1.82, 2.24) is 20.4 Å². The van der Waals surface area contributed by atoms with Crippen molar-refractivity contribution in [2.24, 2.45) is 0 Å². The van der Waals surface area contributed by atoms with E-state index in [0.717, 1.165) is 21.8 Å². The van der Waals surface area contributed by atoms with Crippen LogP contribution in [0.1, 0.15) is 38.4 Å². The summed E-state index contributed by atoms with van der Waals surface area (Å²) in [6.07, 6.45) is 4.02. The van der Waals surface area contributed by atoms with Gasteiger partial charge in [0.15, 0.2) is 0 Å². The van der Waals surface area contributed by atoms with Crippen LogP contribution in [-0.2, 0) is 6.42 Å². The molecule has 0 aliphatic heterocycles. The lowest BCUT2D eigenvalue weighted by Crippen LogP contribution is -2.30. The minimum Gasteiger partial charge on any atom is -0.360 e. The van der Waals surface area contributed by atoms with Gasteiger partial charge in [-0.1, -0.05) is 5.16 Å². The summed E-state index contributed by atoms with van der Waals surface area (Å²) in [5.41, 5.74) is 3.77. The summed E-state index contributed by atoms with van der Waals surface area (Å²) < 4.78 is 5.32. The molecule has 0 aromatic carbocycles. The third-order valence-corrected chi connectivity index (χ3v) is 6.09. The fraction of sp³-hybridized carbons (Fsp3) is 0.200. The Labute approximate surface area is 170 Å². The number of carbonyl (C=O) groups excluding carboxylic acids is 1. The number of aromatic nitrogens is 3. The van der Waals surface area contributed by atoms with E-state index in [1.165, 1.54) is 0 Å². The second-order valence-corrected chi connectivity index (χ2v) is 8.06. The van der Waals surface area contributed by atoms with Gasteiger partial charge in [0.25, 0.3) is 5.91 Å². The lowest BCUT2D eigenvalue weighted by atomic mass is 10.1. The Kier molecular flexibility index (Phi) is 5.31. The maximum Gasteiger partial charge on any atom is 0.257 e. The molecule has 0 saturated carbocycles. The summed E-state index contributed by atoms with van der Waals surface area (Å²) in [5, 5.41) is 14.2. The molecule has 1 atom stereocenters. The number of nitrogens with one attached hydrogen (secondary N) is 1. The third kappa shape index (κ3) is 3.88. The van der Waals surface area contributed by atoms with Gasteiger partial charge < -0.3 is 9.84 Å². The fourth-order valence-corrected chi connectivity index (χ4v) is 4.48. The van der Waals surface area contributed by atoms with Crippen LogP contribution in [0.3, 0.4) is 0 Å². The van der Waals surface area contributed by atoms with E-state index in [9.17, 15) is 4.79 Å². The highest BCUT2D eigenvalue weighted by Crippen LogP contribution is 2.27. The lowest BCUT2D eigenvalue weighted by molar-refractivity contribution is 0.0935. The number of hydrogen-bond donors (Lipinski definition) is 1. The van der Waals surface area contributed by atoms with Gasteiger partial charge >= 0.3 is 0 Å². The van der Waals surface area contributed by atoms with E-state index < -0.39 is 0 Å². The molecule has 0 unspecified atom stereocenters. The van der Waals surface area contributed by atoms with Crippen molar-refractivity contribution >= 4 is 28.6 Å². The Balaban J connectivity index is 1.64. The van der Waals surface area contributed by atoms with Crippen LogP contribution < -0.4 is 5.32 Å². The van der Waals surface area contributed by atoms with Crippen molar-refractivity contribution in [2.75, 3.05) is 0 Å². The van der Waals surface area contributed by atoms with Crippen molar-refractivity contribution in [3.8, 4) is 11.3 Å². The zero-order valence-electron chi connectivity index (χ0n) is 15.4. The second-order valence-electron chi connectivity index (χ2n) is 6.39. The van der Waals surface area contributed by atoms with E-state index in [4.69, 9.17) is 4.52 Å². The number of thiophene rings is 1. The summed E-state index contributed by atoms with van der Waals surface area (Å²) in [4.78, 5) is 21.9. The highest BCUT2D eigenvalue weighted by molar-refractivity contribution is 7.09. The van der Waals surface area contributed by atoms with Gasteiger partial charge in [-0.2, -0.15) is 11.3 Å². The van der Waals surface area contributed by atoms with E-state index in [2.05, 4.69) is 31.9 Å². The Bertz CT molecular complexity index is 1070. The van der Waals surface area contributed by atoms with Crippen LogP contribution in [0.15, 0.2) is 51.3 Å². The highest BCUT2D eigenvalue weighted by Gasteiger charge is 2.26. The average molecular weight is 411 g/mol. The minimum atomic E-state index is -0.231. The van der Waals surface area contributed by atoms with Gasteiger partial charge in [0, 0.05) is 35.5 Å². The first-order valence-electron chi connectivity index (χ1n) is 8.72. The third-order valence-electron chi connectivity index (χ3n) is 4.28. The molecule has 8 heteroatoms. The second kappa shape index (κ2) is 8.04. The molecule has 0 spiro atoms. The molecule has 4 rings (SSSR count). The molecule has 0 aliphatic carbocycles. The first-order valence-corrected chi connectivity index (χ1v) is 10.5. The molecule has 4 heterocycles. The number of carbonyl (C=O) groups is 1. The molecule has 4 aromatic rings.